The summed E-state index contributed by atoms with van der Waals surface area (Å²) < 4.78 is 0. The van der Waals surface area contributed by atoms with Crippen molar-refractivity contribution >= 4 is 16.7 Å². The van der Waals surface area contributed by atoms with Crippen LogP contribution in [0.25, 0.3) is 10.8 Å². The number of aliphatic hydroxyl groups is 1. The second kappa shape index (κ2) is 7.30. The van der Waals surface area contributed by atoms with Gasteiger partial charge in [-0.15, -0.1) is 0 Å². The van der Waals surface area contributed by atoms with E-state index in [4.69, 9.17) is 5.84 Å². The zero-order chi connectivity index (χ0) is 17.0. The number of hydrazine groups is 1. The Bertz CT molecular complexity index is 709. The molecule has 1 saturated heterocycles. The fourth-order valence-electron chi connectivity index (χ4n) is 3.45. The number of carbonyl (C=O) groups is 1. The van der Waals surface area contributed by atoms with Crippen LogP contribution in [0.2, 0.25) is 0 Å². The maximum Gasteiger partial charge on any atom is 0.233 e. The van der Waals surface area contributed by atoms with Crippen molar-refractivity contribution in [3.8, 4) is 0 Å². The van der Waals surface area contributed by atoms with E-state index in [0.29, 0.717) is 19.3 Å². The highest BCUT2D eigenvalue weighted by Crippen LogP contribution is 2.34. The molecule has 0 saturated carbocycles. The molecule has 0 atom stereocenters. The first-order chi connectivity index (χ1) is 11.6. The van der Waals surface area contributed by atoms with Gasteiger partial charge < -0.3 is 10.0 Å². The van der Waals surface area contributed by atoms with Crippen molar-refractivity contribution in [2.75, 3.05) is 19.6 Å². The van der Waals surface area contributed by atoms with Gasteiger partial charge in [-0.1, -0.05) is 36.4 Å². The molecular weight excluding hydrogens is 302 g/mol. The highest BCUT2D eigenvalue weighted by atomic mass is 16.3. The van der Waals surface area contributed by atoms with Gasteiger partial charge in [0, 0.05) is 19.5 Å². The lowest BCUT2D eigenvalue weighted by Gasteiger charge is -2.38. The van der Waals surface area contributed by atoms with Crippen LogP contribution in [0, 0.1) is 0 Å². The molecule has 1 amide bonds. The molecule has 5 nitrogen and oxygen atoms in total. The normalized spacial score (nSPS) is 17.8. The standard InChI is InChI=1S/C19H25N3O2/c20-21-18(23)6-3-11-22-12-9-19(24,10-13-22)17-8-7-15-4-1-2-5-16(15)14-17/h1-2,4-5,7-8,14,24H,3,6,9-13,20H2,(H,21,23). The number of fused-ring (bicyclic) bond motifs is 1. The van der Waals surface area contributed by atoms with Gasteiger partial charge in [0.1, 0.15) is 0 Å². The molecule has 2 aromatic rings. The number of likely N-dealkylation sites (tertiary alicyclic amines) is 1. The number of nitrogens with zero attached hydrogens (tertiary/aromatic N) is 1. The lowest BCUT2D eigenvalue weighted by Crippen LogP contribution is -2.43. The summed E-state index contributed by atoms with van der Waals surface area (Å²) in [4.78, 5) is 13.5. The molecule has 5 heteroatoms. The Hall–Kier alpha value is -1.95. The van der Waals surface area contributed by atoms with Crippen molar-refractivity contribution < 1.29 is 9.90 Å². The zero-order valence-corrected chi connectivity index (χ0v) is 13.9. The van der Waals surface area contributed by atoms with Crippen molar-refractivity contribution in [2.45, 2.75) is 31.3 Å². The first-order valence-corrected chi connectivity index (χ1v) is 8.54. The number of nitrogens with two attached hydrogens (primary N) is 1. The number of amides is 1. The maximum atomic E-state index is 11.2. The van der Waals surface area contributed by atoms with Crippen molar-refractivity contribution in [3.05, 3.63) is 48.0 Å². The van der Waals surface area contributed by atoms with Crippen LogP contribution in [-0.4, -0.2) is 35.5 Å². The summed E-state index contributed by atoms with van der Waals surface area (Å²) in [6.45, 7) is 2.54. The van der Waals surface area contributed by atoms with Gasteiger partial charge in [-0.25, -0.2) is 5.84 Å². The van der Waals surface area contributed by atoms with Crippen LogP contribution in [0.4, 0.5) is 0 Å². The molecule has 1 aliphatic rings. The minimum absolute atomic E-state index is 0.125. The quantitative estimate of drug-likeness (QED) is 0.445. The summed E-state index contributed by atoms with van der Waals surface area (Å²) in [7, 11) is 0. The number of hydrogen-bond acceptors (Lipinski definition) is 4. The van der Waals surface area contributed by atoms with Crippen molar-refractivity contribution in [2.24, 2.45) is 5.84 Å². The van der Waals surface area contributed by atoms with Crippen LogP contribution in [0.1, 0.15) is 31.2 Å². The van der Waals surface area contributed by atoms with E-state index in [1.807, 2.05) is 18.2 Å². The fourth-order valence-corrected chi connectivity index (χ4v) is 3.45. The topological polar surface area (TPSA) is 78.6 Å². The Morgan fingerprint density at radius 3 is 2.58 bits per heavy atom. The van der Waals surface area contributed by atoms with Crippen molar-refractivity contribution in [1.82, 2.24) is 10.3 Å². The predicted molar refractivity (Wildman–Crippen MR) is 95.1 cm³/mol. The van der Waals surface area contributed by atoms with Gasteiger partial charge in [0.25, 0.3) is 0 Å². The van der Waals surface area contributed by atoms with E-state index in [1.54, 1.807) is 0 Å². The fraction of sp³-hybridized carbons (Fsp3) is 0.421. The number of rotatable bonds is 5. The molecule has 2 aromatic carbocycles. The molecule has 3 rings (SSSR count). The summed E-state index contributed by atoms with van der Waals surface area (Å²) in [6, 6.07) is 14.5. The highest BCUT2D eigenvalue weighted by Gasteiger charge is 2.33. The van der Waals surface area contributed by atoms with E-state index >= 15 is 0 Å². The third kappa shape index (κ3) is 3.75. The highest BCUT2D eigenvalue weighted by molar-refractivity contribution is 5.83. The molecule has 24 heavy (non-hydrogen) atoms. The van der Waals surface area contributed by atoms with Crippen LogP contribution in [0.15, 0.2) is 42.5 Å². The van der Waals surface area contributed by atoms with E-state index in [0.717, 1.165) is 31.6 Å². The van der Waals surface area contributed by atoms with Gasteiger partial charge in [0.05, 0.1) is 5.60 Å². The number of benzene rings is 2. The maximum absolute atomic E-state index is 11.2. The van der Waals surface area contributed by atoms with Gasteiger partial charge in [-0.05, 0) is 48.2 Å². The van der Waals surface area contributed by atoms with E-state index in [2.05, 4.69) is 34.6 Å². The second-order valence-electron chi connectivity index (χ2n) is 6.61. The summed E-state index contributed by atoms with van der Waals surface area (Å²) in [6.07, 6.45) is 2.67. The monoisotopic (exact) mass is 327 g/mol. The summed E-state index contributed by atoms with van der Waals surface area (Å²) in [5.41, 5.74) is 2.40. The molecule has 128 valence electrons. The Morgan fingerprint density at radius 1 is 1.17 bits per heavy atom. The minimum Gasteiger partial charge on any atom is -0.385 e. The molecule has 0 radical (unpaired) electrons. The molecule has 0 spiro atoms. The van der Waals surface area contributed by atoms with E-state index < -0.39 is 5.60 Å². The molecule has 0 aliphatic carbocycles. The average Bonchev–Trinajstić information content (AvgIpc) is 2.63. The Labute approximate surface area is 142 Å². The van der Waals surface area contributed by atoms with E-state index in [9.17, 15) is 9.90 Å². The Morgan fingerprint density at radius 2 is 1.88 bits per heavy atom. The number of hydrogen-bond donors (Lipinski definition) is 3. The summed E-state index contributed by atoms with van der Waals surface area (Å²) in [5, 5.41) is 13.4. The van der Waals surface area contributed by atoms with Gasteiger partial charge in [-0.2, -0.15) is 0 Å². The number of piperidine rings is 1. The van der Waals surface area contributed by atoms with Crippen LogP contribution >= 0.6 is 0 Å². The number of nitrogens with one attached hydrogen (secondary N) is 1. The van der Waals surface area contributed by atoms with Gasteiger partial charge in [0.2, 0.25) is 5.91 Å². The van der Waals surface area contributed by atoms with Crippen LogP contribution in [0.3, 0.4) is 0 Å². The molecule has 1 aliphatic heterocycles. The lowest BCUT2D eigenvalue weighted by atomic mass is 9.83. The number of carbonyl (C=O) groups excluding carboxylic acids is 1. The van der Waals surface area contributed by atoms with Crippen LogP contribution in [0.5, 0.6) is 0 Å². The van der Waals surface area contributed by atoms with E-state index in [1.165, 1.54) is 10.8 Å². The van der Waals surface area contributed by atoms with Crippen LogP contribution in [-0.2, 0) is 10.4 Å². The Kier molecular flexibility index (Phi) is 5.14. The molecule has 0 bridgehead atoms. The lowest BCUT2D eigenvalue weighted by molar-refractivity contribution is -0.121. The third-order valence-corrected chi connectivity index (χ3v) is 5.01. The minimum atomic E-state index is -0.755. The van der Waals surface area contributed by atoms with Gasteiger partial charge >= 0.3 is 0 Å². The molecular formula is C19H25N3O2. The molecule has 0 unspecified atom stereocenters. The van der Waals surface area contributed by atoms with Crippen LogP contribution < -0.4 is 11.3 Å². The molecule has 4 N–H and O–H groups in total. The zero-order valence-electron chi connectivity index (χ0n) is 13.9. The van der Waals surface area contributed by atoms with Crippen molar-refractivity contribution in [1.29, 1.82) is 0 Å². The first-order valence-electron chi connectivity index (χ1n) is 8.54. The predicted octanol–water partition coefficient (Wildman–Crippen LogP) is 1.89. The smallest absolute Gasteiger partial charge is 0.233 e. The molecule has 0 aromatic heterocycles. The summed E-state index contributed by atoms with van der Waals surface area (Å²) in [5.74, 6) is 4.96. The SMILES string of the molecule is NNC(=O)CCCN1CCC(O)(c2ccc3ccccc3c2)CC1. The Balaban J connectivity index is 1.60. The van der Waals surface area contributed by atoms with Gasteiger partial charge in [0.15, 0.2) is 0 Å². The molecule has 1 fully saturated rings. The summed E-state index contributed by atoms with van der Waals surface area (Å²) >= 11 is 0. The average molecular weight is 327 g/mol. The second-order valence-corrected chi connectivity index (χ2v) is 6.61. The third-order valence-electron chi connectivity index (χ3n) is 5.01. The van der Waals surface area contributed by atoms with Crippen molar-refractivity contribution in [3.63, 3.8) is 0 Å². The first kappa shape index (κ1) is 16.9. The van der Waals surface area contributed by atoms with Gasteiger partial charge in [-0.3, -0.25) is 10.2 Å². The van der Waals surface area contributed by atoms with E-state index in [-0.39, 0.29) is 5.91 Å². The largest absolute Gasteiger partial charge is 0.385 e. The molecule has 1 heterocycles.